The van der Waals surface area contributed by atoms with Crippen LogP contribution < -0.4 is 0 Å². The standard InChI is InChI=1S/C13H14O2/c1-13(2)10-7-8-5-3-4-6-9(8)11(10)15-12(13)14/h3-6,10-11H,7H2,1-2H3/t10-,11+/m0/s1. The highest BCUT2D eigenvalue weighted by Gasteiger charge is 2.54. The molecular weight excluding hydrogens is 188 g/mol. The van der Waals surface area contributed by atoms with Gasteiger partial charge in [-0.05, 0) is 31.4 Å². The number of carbonyl (C=O) groups is 1. The van der Waals surface area contributed by atoms with E-state index >= 15 is 0 Å². The van der Waals surface area contributed by atoms with Crippen LogP contribution >= 0.6 is 0 Å². The quantitative estimate of drug-likeness (QED) is 0.604. The molecule has 0 bridgehead atoms. The molecule has 1 saturated heterocycles. The fourth-order valence-corrected chi connectivity index (χ4v) is 2.76. The first kappa shape index (κ1) is 8.96. The van der Waals surface area contributed by atoms with E-state index in [2.05, 4.69) is 18.2 Å². The lowest BCUT2D eigenvalue weighted by atomic mass is 9.78. The van der Waals surface area contributed by atoms with Gasteiger partial charge in [-0.15, -0.1) is 0 Å². The van der Waals surface area contributed by atoms with Gasteiger partial charge in [0.1, 0.15) is 6.10 Å². The van der Waals surface area contributed by atoms with Crippen LogP contribution in [0.3, 0.4) is 0 Å². The average molecular weight is 202 g/mol. The van der Waals surface area contributed by atoms with Gasteiger partial charge in [0.15, 0.2) is 0 Å². The topological polar surface area (TPSA) is 26.3 Å². The van der Waals surface area contributed by atoms with E-state index in [1.165, 1.54) is 11.1 Å². The Morgan fingerprint density at radius 3 is 2.87 bits per heavy atom. The Labute approximate surface area is 89.2 Å². The van der Waals surface area contributed by atoms with Crippen molar-refractivity contribution in [3.05, 3.63) is 35.4 Å². The van der Waals surface area contributed by atoms with Crippen LogP contribution in [0.1, 0.15) is 31.1 Å². The summed E-state index contributed by atoms with van der Waals surface area (Å²) in [5.74, 6) is 0.273. The second kappa shape index (κ2) is 2.63. The molecule has 15 heavy (non-hydrogen) atoms. The Kier molecular flexibility index (Phi) is 1.57. The minimum atomic E-state index is -0.330. The Bertz CT molecular complexity index is 434. The maximum Gasteiger partial charge on any atom is 0.312 e. The molecule has 0 radical (unpaired) electrons. The molecule has 1 aromatic rings. The summed E-state index contributed by atoms with van der Waals surface area (Å²) in [6.07, 6.45) is 0.975. The van der Waals surface area contributed by atoms with Crippen LogP contribution in [0.15, 0.2) is 24.3 Å². The van der Waals surface area contributed by atoms with Crippen LogP contribution in [0, 0.1) is 11.3 Å². The van der Waals surface area contributed by atoms with Gasteiger partial charge < -0.3 is 4.74 Å². The van der Waals surface area contributed by atoms with Crippen molar-refractivity contribution in [3.8, 4) is 0 Å². The third-order valence-corrected chi connectivity index (χ3v) is 3.85. The second-order valence-corrected chi connectivity index (χ2v) is 5.06. The highest BCUT2D eigenvalue weighted by atomic mass is 16.6. The normalized spacial score (nSPS) is 30.9. The maximum atomic E-state index is 11.7. The third kappa shape index (κ3) is 1.02. The van der Waals surface area contributed by atoms with E-state index in [1.807, 2.05) is 19.9 Å². The van der Waals surface area contributed by atoms with Gasteiger partial charge in [-0.3, -0.25) is 4.79 Å². The van der Waals surface area contributed by atoms with Crippen molar-refractivity contribution in [2.45, 2.75) is 26.4 Å². The smallest absolute Gasteiger partial charge is 0.312 e. The minimum Gasteiger partial charge on any atom is -0.457 e. The lowest BCUT2D eigenvalue weighted by molar-refractivity contribution is -0.147. The molecule has 0 saturated carbocycles. The van der Waals surface area contributed by atoms with Gasteiger partial charge in [-0.25, -0.2) is 0 Å². The van der Waals surface area contributed by atoms with E-state index in [-0.39, 0.29) is 17.5 Å². The van der Waals surface area contributed by atoms with Crippen molar-refractivity contribution in [3.63, 3.8) is 0 Å². The van der Waals surface area contributed by atoms with E-state index < -0.39 is 0 Å². The van der Waals surface area contributed by atoms with Crippen molar-refractivity contribution < 1.29 is 9.53 Å². The number of benzene rings is 1. The number of hydrogen-bond donors (Lipinski definition) is 0. The van der Waals surface area contributed by atoms with Gasteiger partial charge in [-0.2, -0.15) is 0 Å². The molecule has 1 aromatic carbocycles. The summed E-state index contributed by atoms with van der Waals surface area (Å²) in [6.45, 7) is 3.98. The zero-order chi connectivity index (χ0) is 10.6. The predicted octanol–water partition coefficient (Wildman–Crippen LogP) is 2.48. The molecule has 2 nitrogen and oxygen atoms in total. The molecular formula is C13H14O2. The molecule has 2 heteroatoms. The van der Waals surface area contributed by atoms with Crippen molar-refractivity contribution in [2.75, 3.05) is 0 Å². The van der Waals surface area contributed by atoms with Gasteiger partial charge in [0, 0.05) is 5.92 Å². The Hall–Kier alpha value is -1.31. The van der Waals surface area contributed by atoms with Crippen molar-refractivity contribution >= 4 is 5.97 Å². The van der Waals surface area contributed by atoms with Crippen molar-refractivity contribution in [1.29, 1.82) is 0 Å². The summed E-state index contributed by atoms with van der Waals surface area (Å²) >= 11 is 0. The fourth-order valence-electron chi connectivity index (χ4n) is 2.76. The molecule has 0 spiro atoms. The Morgan fingerprint density at radius 2 is 2.07 bits per heavy atom. The van der Waals surface area contributed by atoms with E-state index in [4.69, 9.17) is 4.74 Å². The van der Waals surface area contributed by atoms with Crippen LogP contribution in [0.25, 0.3) is 0 Å². The molecule has 0 N–H and O–H groups in total. The van der Waals surface area contributed by atoms with Crippen LogP contribution in [0.4, 0.5) is 0 Å². The molecule has 1 aliphatic heterocycles. The molecule has 1 fully saturated rings. The monoisotopic (exact) mass is 202 g/mol. The van der Waals surface area contributed by atoms with Gasteiger partial charge >= 0.3 is 5.97 Å². The fraction of sp³-hybridized carbons (Fsp3) is 0.462. The van der Waals surface area contributed by atoms with Crippen LogP contribution in [-0.2, 0) is 16.0 Å². The molecule has 0 aromatic heterocycles. The van der Waals surface area contributed by atoms with Gasteiger partial charge in [0.05, 0.1) is 5.41 Å². The van der Waals surface area contributed by atoms with E-state index in [1.54, 1.807) is 0 Å². The highest BCUT2D eigenvalue weighted by Crippen LogP contribution is 2.53. The molecule has 78 valence electrons. The minimum absolute atomic E-state index is 0.00343. The molecule has 1 heterocycles. The summed E-state index contributed by atoms with van der Waals surface area (Å²) in [5.41, 5.74) is 2.22. The lowest BCUT2D eigenvalue weighted by Crippen LogP contribution is -2.26. The largest absolute Gasteiger partial charge is 0.457 e. The number of hydrogen-bond acceptors (Lipinski definition) is 2. The van der Waals surface area contributed by atoms with E-state index in [0.717, 1.165) is 6.42 Å². The third-order valence-electron chi connectivity index (χ3n) is 3.85. The SMILES string of the molecule is CC1(C)C(=O)O[C@@H]2c3ccccc3C[C@@H]21. The zero-order valence-corrected chi connectivity index (χ0v) is 8.99. The maximum absolute atomic E-state index is 11.7. The summed E-state index contributed by atoms with van der Waals surface area (Å²) in [6, 6.07) is 8.28. The summed E-state index contributed by atoms with van der Waals surface area (Å²) < 4.78 is 5.49. The van der Waals surface area contributed by atoms with Gasteiger partial charge in [0.25, 0.3) is 0 Å². The lowest BCUT2D eigenvalue weighted by Gasteiger charge is -2.19. The number of ether oxygens (including phenoxy) is 1. The number of rotatable bonds is 0. The molecule has 3 rings (SSSR count). The Morgan fingerprint density at radius 1 is 1.33 bits per heavy atom. The van der Waals surface area contributed by atoms with Crippen LogP contribution in [0.2, 0.25) is 0 Å². The average Bonchev–Trinajstić information content (AvgIpc) is 2.66. The first-order valence-electron chi connectivity index (χ1n) is 5.39. The molecule has 2 aliphatic rings. The molecule has 0 unspecified atom stereocenters. The highest BCUT2D eigenvalue weighted by molar-refractivity contribution is 5.79. The number of esters is 1. The van der Waals surface area contributed by atoms with E-state index in [0.29, 0.717) is 5.92 Å². The van der Waals surface area contributed by atoms with Crippen LogP contribution in [0.5, 0.6) is 0 Å². The van der Waals surface area contributed by atoms with Crippen LogP contribution in [-0.4, -0.2) is 5.97 Å². The summed E-state index contributed by atoms with van der Waals surface area (Å²) in [4.78, 5) is 11.7. The number of fused-ring (bicyclic) bond motifs is 3. The van der Waals surface area contributed by atoms with E-state index in [9.17, 15) is 4.79 Å². The predicted molar refractivity (Wildman–Crippen MR) is 56.3 cm³/mol. The number of carbonyl (C=O) groups excluding carboxylic acids is 1. The van der Waals surface area contributed by atoms with Crippen molar-refractivity contribution in [1.82, 2.24) is 0 Å². The summed E-state index contributed by atoms with van der Waals surface area (Å²) in [5, 5.41) is 0. The van der Waals surface area contributed by atoms with Gasteiger partial charge in [0.2, 0.25) is 0 Å². The second-order valence-electron chi connectivity index (χ2n) is 5.06. The first-order chi connectivity index (χ1) is 7.10. The first-order valence-corrected chi connectivity index (χ1v) is 5.39. The molecule has 2 atom stereocenters. The Balaban J connectivity index is 2.09. The van der Waals surface area contributed by atoms with Crippen molar-refractivity contribution in [2.24, 2.45) is 11.3 Å². The summed E-state index contributed by atoms with van der Waals surface area (Å²) in [7, 11) is 0. The zero-order valence-electron chi connectivity index (χ0n) is 8.99. The molecule has 0 amide bonds. The molecule has 1 aliphatic carbocycles. The van der Waals surface area contributed by atoms with Gasteiger partial charge in [-0.1, -0.05) is 24.3 Å².